The molecule has 14 heavy (non-hydrogen) atoms. The Morgan fingerprint density at radius 1 is 1.21 bits per heavy atom. The van der Waals surface area contributed by atoms with Gasteiger partial charge >= 0.3 is 0 Å². The number of alkyl halides is 1. The fourth-order valence-corrected chi connectivity index (χ4v) is 4.10. The highest BCUT2D eigenvalue weighted by atomic mass is 79.9. The van der Waals surface area contributed by atoms with Crippen molar-refractivity contribution in [3.63, 3.8) is 0 Å². The van der Waals surface area contributed by atoms with E-state index < -0.39 is 0 Å². The van der Waals surface area contributed by atoms with Crippen LogP contribution in [0.5, 0.6) is 0 Å². The van der Waals surface area contributed by atoms with E-state index >= 15 is 0 Å². The molecular weight excluding hydrogens is 238 g/mol. The summed E-state index contributed by atoms with van der Waals surface area (Å²) in [6.07, 6.45) is 8.95. The molecule has 80 valence electrons. The number of rotatable bonds is 2. The predicted octanol–water partition coefficient (Wildman–Crippen LogP) is 3.04. The molecule has 0 N–H and O–H groups in total. The van der Waals surface area contributed by atoms with E-state index in [4.69, 9.17) is 0 Å². The highest BCUT2D eigenvalue weighted by Gasteiger charge is 2.46. The molecule has 3 aliphatic rings. The first-order valence-corrected chi connectivity index (χ1v) is 7.23. The average Bonchev–Trinajstić information content (AvgIpc) is 2.87. The van der Waals surface area contributed by atoms with Gasteiger partial charge in [0.25, 0.3) is 0 Å². The van der Waals surface area contributed by atoms with E-state index in [2.05, 4.69) is 20.8 Å². The zero-order valence-corrected chi connectivity index (χ0v) is 10.4. The minimum absolute atomic E-state index is 0.751. The second-order valence-corrected chi connectivity index (χ2v) is 6.36. The van der Waals surface area contributed by atoms with Crippen LogP contribution in [0.3, 0.4) is 0 Å². The molecule has 0 aromatic carbocycles. The van der Waals surface area contributed by atoms with Gasteiger partial charge in [-0.2, -0.15) is 0 Å². The molecule has 2 heteroatoms. The van der Waals surface area contributed by atoms with Crippen molar-refractivity contribution in [2.75, 3.05) is 18.4 Å². The minimum Gasteiger partial charge on any atom is -0.300 e. The summed E-state index contributed by atoms with van der Waals surface area (Å²) in [6, 6.07) is 0.998. The molecule has 0 radical (unpaired) electrons. The predicted molar refractivity (Wildman–Crippen MR) is 62.8 cm³/mol. The van der Waals surface area contributed by atoms with Crippen molar-refractivity contribution < 1.29 is 0 Å². The molecule has 3 rings (SSSR count). The molecule has 1 saturated heterocycles. The second kappa shape index (κ2) is 3.48. The first-order valence-electron chi connectivity index (χ1n) is 6.11. The Bertz CT molecular complexity index is 226. The summed E-state index contributed by atoms with van der Waals surface area (Å²) in [5.41, 5.74) is 0.751. The molecule has 2 saturated carbocycles. The maximum absolute atomic E-state index is 3.65. The van der Waals surface area contributed by atoms with E-state index in [1.165, 1.54) is 56.9 Å². The van der Waals surface area contributed by atoms with Crippen molar-refractivity contribution in [3.8, 4) is 0 Å². The molecule has 2 aliphatic carbocycles. The standard InChI is InChI=1S/C12H20BrN/c13-8-10-3-4-12(7-10)5-6-14(9-12)11-1-2-11/h10-11H,1-9H2/t10-,12-/m1/s1. The third kappa shape index (κ3) is 1.65. The van der Waals surface area contributed by atoms with Crippen molar-refractivity contribution in [2.45, 2.75) is 44.6 Å². The summed E-state index contributed by atoms with van der Waals surface area (Å²) < 4.78 is 0. The van der Waals surface area contributed by atoms with Crippen LogP contribution in [0.15, 0.2) is 0 Å². The number of hydrogen-bond acceptors (Lipinski definition) is 1. The first-order chi connectivity index (χ1) is 6.81. The van der Waals surface area contributed by atoms with Crippen molar-refractivity contribution in [1.82, 2.24) is 4.90 Å². The SMILES string of the molecule is BrC[C@@H]1CC[C@@]2(CCN(C3CC3)C2)C1. The van der Waals surface area contributed by atoms with Crippen LogP contribution in [-0.2, 0) is 0 Å². The van der Waals surface area contributed by atoms with Crippen LogP contribution in [0.25, 0.3) is 0 Å². The van der Waals surface area contributed by atoms with Crippen LogP contribution >= 0.6 is 15.9 Å². The second-order valence-electron chi connectivity index (χ2n) is 5.71. The summed E-state index contributed by atoms with van der Waals surface area (Å²) in [6.45, 7) is 2.83. The molecule has 0 bridgehead atoms. The molecule has 0 aromatic rings. The van der Waals surface area contributed by atoms with Crippen LogP contribution < -0.4 is 0 Å². The van der Waals surface area contributed by atoms with Crippen molar-refractivity contribution in [1.29, 1.82) is 0 Å². The van der Waals surface area contributed by atoms with E-state index in [-0.39, 0.29) is 0 Å². The lowest BCUT2D eigenvalue weighted by Crippen LogP contribution is -2.27. The highest BCUT2D eigenvalue weighted by Crippen LogP contribution is 2.50. The van der Waals surface area contributed by atoms with E-state index in [0.29, 0.717) is 0 Å². The quantitative estimate of drug-likeness (QED) is 0.688. The summed E-state index contributed by atoms with van der Waals surface area (Å²) in [4.78, 5) is 2.77. The molecule has 0 unspecified atom stereocenters. The lowest BCUT2D eigenvalue weighted by molar-refractivity contribution is 0.250. The molecule has 2 atom stereocenters. The van der Waals surface area contributed by atoms with Gasteiger partial charge in [-0.1, -0.05) is 15.9 Å². The molecule has 0 aromatic heterocycles. The zero-order valence-electron chi connectivity index (χ0n) is 8.84. The number of likely N-dealkylation sites (tertiary alicyclic amines) is 1. The number of nitrogens with zero attached hydrogens (tertiary/aromatic N) is 1. The summed E-state index contributed by atoms with van der Waals surface area (Å²) in [7, 11) is 0. The van der Waals surface area contributed by atoms with Crippen LogP contribution in [0.1, 0.15) is 38.5 Å². The van der Waals surface area contributed by atoms with Crippen LogP contribution in [-0.4, -0.2) is 29.4 Å². The van der Waals surface area contributed by atoms with Crippen LogP contribution in [0, 0.1) is 11.3 Å². The number of halogens is 1. The van der Waals surface area contributed by atoms with Gasteiger partial charge in [0.2, 0.25) is 0 Å². The van der Waals surface area contributed by atoms with Gasteiger partial charge in [0, 0.05) is 17.9 Å². The summed E-state index contributed by atoms with van der Waals surface area (Å²) in [5, 5.41) is 1.23. The summed E-state index contributed by atoms with van der Waals surface area (Å²) >= 11 is 3.65. The summed E-state index contributed by atoms with van der Waals surface area (Å²) in [5.74, 6) is 0.981. The normalized spacial score (nSPS) is 43.9. The largest absolute Gasteiger partial charge is 0.300 e. The lowest BCUT2D eigenvalue weighted by atomic mass is 9.85. The molecule has 1 spiro atoms. The topological polar surface area (TPSA) is 3.24 Å². The van der Waals surface area contributed by atoms with E-state index in [9.17, 15) is 0 Å². The van der Waals surface area contributed by atoms with Gasteiger partial charge < -0.3 is 0 Å². The number of hydrogen-bond donors (Lipinski definition) is 0. The van der Waals surface area contributed by atoms with Gasteiger partial charge in [-0.3, -0.25) is 4.90 Å². The Morgan fingerprint density at radius 3 is 2.71 bits per heavy atom. The third-order valence-electron chi connectivity index (χ3n) is 4.55. The smallest absolute Gasteiger partial charge is 0.00966 e. The molecule has 1 nitrogen and oxygen atoms in total. The average molecular weight is 258 g/mol. The molecular formula is C12H20BrN. The lowest BCUT2D eigenvalue weighted by Gasteiger charge is -2.24. The minimum atomic E-state index is 0.751. The van der Waals surface area contributed by atoms with Gasteiger partial charge in [0.15, 0.2) is 0 Å². The Hall–Kier alpha value is 0.440. The van der Waals surface area contributed by atoms with E-state index in [1.807, 2.05) is 0 Å². The van der Waals surface area contributed by atoms with Crippen molar-refractivity contribution in [3.05, 3.63) is 0 Å². The Kier molecular flexibility index (Phi) is 2.40. The third-order valence-corrected chi connectivity index (χ3v) is 5.47. The van der Waals surface area contributed by atoms with Crippen molar-refractivity contribution >= 4 is 15.9 Å². The maximum atomic E-state index is 3.65. The van der Waals surface area contributed by atoms with Gasteiger partial charge in [0.05, 0.1) is 0 Å². The van der Waals surface area contributed by atoms with E-state index in [0.717, 1.165) is 17.4 Å². The highest BCUT2D eigenvalue weighted by molar-refractivity contribution is 9.09. The first kappa shape index (κ1) is 9.65. The van der Waals surface area contributed by atoms with Gasteiger partial charge in [-0.25, -0.2) is 0 Å². The fraction of sp³-hybridized carbons (Fsp3) is 1.00. The Labute approximate surface area is 95.4 Å². The monoisotopic (exact) mass is 257 g/mol. The fourth-order valence-electron chi connectivity index (χ4n) is 3.55. The Morgan fingerprint density at radius 2 is 2.07 bits per heavy atom. The van der Waals surface area contributed by atoms with Gasteiger partial charge in [-0.15, -0.1) is 0 Å². The van der Waals surface area contributed by atoms with Gasteiger partial charge in [0.1, 0.15) is 0 Å². The zero-order chi connectivity index (χ0) is 9.60. The Balaban J connectivity index is 1.63. The van der Waals surface area contributed by atoms with Crippen LogP contribution in [0.4, 0.5) is 0 Å². The molecule has 1 aliphatic heterocycles. The van der Waals surface area contributed by atoms with Gasteiger partial charge in [-0.05, 0) is 56.4 Å². The maximum Gasteiger partial charge on any atom is 0.00966 e. The molecule has 3 fully saturated rings. The van der Waals surface area contributed by atoms with E-state index in [1.54, 1.807) is 0 Å². The molecule has 1 heterocycles. The van der Waals surface area contributed by atoms with Crippen LogP contribution in [0.2, 0.25) is 0 Å². The van der Waals surface area contributed by atoms with Crippen molar-refractivity contribution in [2.24, 2.45) is 11.3 Å². The molecule has 0 amide bonds.